The number of hydrogen-bond acceptors (Lipinski definition) is 6. The predicted molar refractivity (Wildman–Crippen MR) is 127 cm³/mol. The summed E-state index contributed by atoms with van der Waals surface area (Å²) in [6.07, 6.45) is 3.49. The number of nitrogens with one attached hydrogen (secondary N) is 3. The maximum Gasteiger partial charge on any atom is 0.229 e. The summed E-state index contributed by atoms with van der Waals surface area (Å²) >= 11 is 6.45. The van der Waals surface area contributed by atoms with E-state index in [1.54, 1.807) is 6.20 Å². The summed E-state index contributed by atoms with van der Waals surface area (Å²) in [4.78, 5) is 16.9. The van der Waals surface area contributed by atoms with Crippen molar-refractivity contribution in [1.82, 2.24) is 10.3 Å². The molecule has 2 saturated heterocycles. The molecule has 3 N–H and O–H groups in total. The van der Waals surface area contributed by atoms with Crippen molar-refractivity contribution in [3.8, 4) is 11.1 Å². The number of carbonyl (C=O) groups is 1. The zero-order valence-electron chi connectivity index (χ0n) is 18.6. The largest absolute Gasteiger partial charge is 0.382 e. The van der Waals surface area contributed by atoms with Crippen LogP contribution in [0, 0.1) is 5.92 Å². The first kappa shape index (κ1) is 23.0. The second-order valence-electron chi connectivity index (χ2n) is 9.05. The van der Waals surface area contributed by atoms with Gasteiger partial charge >= 0.3 is 0 Å². The lowest BCUT2D eigenvalue weighted by molar-refractivity contribution is -0.170. The Bertz CT molecular complexity index is 937. The Morgan fingerprint density at radius 3 is 2.97 bits per heavy atom. The quantitative estimate of drug-likeness (QED) is 0.608. The number of amides is 1. The summed E-state index contributed by atoms with van der Waals surface area (Å²) in [5.74, 6) is 0.466. The number of hydrogen-bond donors (Lipinski definition) is 3. The number of ether oxygens (including phenoxy) is 2. The molecule has 1 amide bonds. The Morgan fingerprint density at radius 1 is 1.34 bits per heavy atom. The first-order chi connectivity index (χ1) is 15.4. The Morgan fingerprint density at radius 2 is 2.22 bits per heavy atom. The summed E-state index contributed by atoms with van der Waals surface area (Å²) in [6.45, 7) is 7.53. The normalized spacial score (nSPS) is 22.8. The molecule has 1 aromatic carbocycles. The van der Waals surface area contributed by atoms with Gasteiger partial charge in [0.15, 0.2) is 0 Å². The molecular formula is C24H31ClN4O3. The summed E-state index contributed by atoms with van der Waals surface area (Å²) in [5, 5.41) is 10.2. The van der Waals surface area contributed by atoms with Gasteiger partial charge < -0.3 is 25.4 Å². The molecule has 0 aliphatic carbocycles. The van der Waals surface area contributed by atoms with E-state index in [1.807, 2.05) is 44.2 Å². The highest BCUT2D eigenvalue weighted by atomic mass is 35.5. The van der Waals surface area contributed by atoms with Crippen LogP contribution in [0.1, 0.15) is 26.7 Å². The van der Waals surface area contributed by atoms with Crippen molar-refractivity contribution in [3.63, 3.8) is 0 Å². The second kappa shape index (κ2) is 10.2. The molecule has 1 aromatic heterocycles. The molecule has 4 rings (SSSR count). The van der Waals surface area contributed by atoms with Crippen molar-refractivity contribution < 1.29 is 14.3 Å². The van der Waals surface area contributed by atoms with Gasteiger partial charge in [-0.1, -0.05) is 23.7 Å². The maximum absolute atomic E-state index is 12.6. The maximum atomic E-state index is 12.6. The van der Waals surface area contributed by atoms with Gasteiger partial charge in [-0.05, 0) is 57.0 Å². The fraction of sp³-hybridized carbons (Fsp3) is 0.500. The number of anilines is 2. The van der Waals surface area contributed by atoms with E-state index in [9.17, 15) is 4.79 Å². The number of carbonyl (C=O) groups excluding carboxylic acids is 1. The van der Waals surface area contributed by atoms with Crippen LogP contribution in [0.2, 0.25) is 5.02 Å². The fourth-order valence-corrected chi connectivity index (χ4v) is 4.12. The van der Waals surface area contributed by atoms with Crippen LogP contribution in [0.5, 0.6) is 0 Å². The summed E-state index contributed by atoms with van der Waals surface area (Å²) in [6, 6.07) is 9.83. The molecule has 0 bridgehead atoms. The molecule has 3 heterocycles. The summed E-state index contributed by atoms with van der Waals surface area (Å²) in [7, 11) is 0. The first-order valence-electron chi connectivity index (χ1n) is 11.2. The Hall–Kier alpha value is -2.19. The SMILES string of the molecule is CC1(C)CO[C@@H](CNc2cccc(-c3cc(NC(=O)[C@@H]4CCCNC4)ncc3Cl)c2)CO1. The molecule has 2 fully saturated rings. The van der Waals surface area contributed by atoms with Crippen LogP contribution in [-0.2, 0) is 14.3 Å². The predicted octanol–water partition coefficient (Wildman–Crippen LogP) is 3.95. The topological polar surface area (TPSA) is 84.5 Å². The molecule has 2 aromatic rings. The number of halogens is 1. The molecule has 2 atom stereocenters. The summed E-state index contributed by atoms with van der Waals surface area (Å²) < 4.78 is 11.7. The molecule has 0 unspecified atom stereocenters. The van der Waals surface area contributed by atoms with Crippen LogP contribution in [0.4, 0.5) is 11.5 Å². The average Bonchev–Trinajstić information content (AvgIpc) is 2.80. The molecule has 2 aliphatic rings. The Labute approximate surface area is 194 Å². The van der Waals surface area contributed by atoms with Gasteiger partial charge in [0.1, 0.15) is 5.82 Å². The van der Waals surface area contributed by atoms with E-state index in [2.05, 4.69) is 20.9 Å². The van der Waals surface area contributed by atoms with Crippen LogP contribution in [0.3, 0.4) is 0 Å². The minimum absolute atomic E-state index is 0.00675. The van der Waals surface area contributed by atoms with Gasteiger partial charge in [-0.2, -0.15) is 0 Å². The van der Waals surface area contributed by atoms with E-state index in [0.29, 0.717) is 37.1 Å². The van der Waals surface area contributed by atoms with Crippen molar-refractivity contribution in [2.45, 2.75) is 38.4 Å². The van der Waals surface area contributed by atoms with E-state index in [-0.39, 0.29) is 23.5 Å². The van der Waals surface area contributed by atoms with Crippen molar-refractivity contribution in [1.29, 1.82) is 0 Å². The van der Waals surface area contributed by atoms with Crippen LogP contribution < -0.4 is 16.0 Å². The fourth-order valence-electron chi connectivity index (χ4n) is 3.91. The molecule has 8 heteroatoms. The van der Waals surface area contributed by atoms with Gasteiger partial charge in [0.05, 0.1) is 35.9 Å². The third kappa shape index (κ3) is 5.98. The molecule has 32 heavy (non-hydrogen) atoms. The van der Waals surface area contributed by atoms with Crippen LogP contribution in [0.15, 0.2) is 36.5 Å². The minimum atomic E-state index is -0.227. The third-order valence-electron chi connectivity index (χ3n) is 5.81. The zero-order valence-corrected chi connectivity index (χ0v) is 19.4. The van der Waals surface area contributed by atoms with E-state index in [4.69, 9.17) is 21.1 Å². The lowest BCUT2D eigenvalue weighted by Gasteiger charge is -2.35. The standard InChI is InChI=1S/C24H31ClN4O3/c1-24(2)15-31-19(14-32-24)12-27-18-7-3-5-16(9-18)20-10-22(28-13-21(20)25)29-23(30)17-6-4-8-26-11-17/h3,5,7,9-10,13,17,19,26-27H,4,6,8,11-12,14-15H2,1-2H3,(H,28,29,30)/t17-,19+/m1/s1. The minimum Gasteiger partial charge on any atom is -0.382 e. The van der Waals surface area contributed by atoms with Crippen molar-refractivity contribution in [2.24, 2.45) is 5.92 Å². The lowest BCUT2D eigenvalue weighted by atomic mass is 9.99. The molecule has 0 spiro atoms. The number of rotatable bonds is 6. The van der Waals surface area contributed by atoms with Gasteiger partial charge in [0.2, 0.25) is 5.91 Å². The molecule has 7 nitrogen and oxygen atoms in total. The van der Waals surface area contributed by atoms with Crippen molar-refractivity contribution in [2.75, 3.05) is 43.5 Å². The lowest BCUT2D eigenvalue weighted by Crippen LogP contribution is -2.44. The van der Waals surface area contributed by atoms with Crippen LogP contribution >= 0.6 is 11.6 Å². The van der Waals surface area contributed by atoms with Crippen molar-refractivity contribution >= 4 is 29.0 Å². The second-order valence-corrected chi connectivity index (χ2v) is 9.45. The number of aromatic nitrogens is 1. The van der Waals surface area contributed by atoms with E-state index in [1.165, 1.54) is 0 Å². The van der Waals surface area contributed by atoms with Gasteiger partial charge in [-0.3, -0.25) is 4.79 Å². The highest BCUT2D eigenvalue weighted by molar-refractivity contribution is 6.33. The average molecular weight is 459 g/mol. The van der Waals surface area contributed by atoms with E-state index in [0.717, 1.165) is 36.2 Å². The molecule has 0 radical (unpaired) electrons. The Kier molecular flexibility index (Phi) is 7.30. The number of benzene rings is 1. The number of nitrogens with zero attached hydrogens (tertiary/aromatic N) is 1. The smallest absolute Gasteiger partial charge is 0.229 e. The molecular weight excluding hydrogens is 428 g/mol. The first-order valence-corrected chi connectivity index (χ1v) is 11.5. The van der Waals surface area contributed by atoms with Gasteiger partial charge in [-0.25, -0.2) is 4.98 Å². The van der Waals surface area contributed by atoms with Crippen LogP contribution in [0.25, 0.3) is 11.1 Å². The van der Waals surface area contributed by atoms with Gasteiger partial charge in [0, 0.05) is 30.5 Å². The van der Waals surface area contributed by atoms with Crippen LogP contribution in [-0.4, -0.2) is 55.4 Å². The highest BCUT2D eigenvalue weighted by Crippen LogP contribution is 2.31. The van der Waals surface area contributed by atoms with Crippen molar-refractivity contribution in [3.05, 3.63) is 41.6 Å². The third-order valence-corrected chi connectivity index (χ3v) is 6.11. The van der Waals surface area contributed by atoms with Gasteiger partial charge in [0.25, 0.3) is 0 Å². The van der Waals surface area contributed by atoms with E-state index >= 15 is 0 Å². The number of piperidine rings is 1. The summed E-state index contributed by atoms with van der Waals surface area (Å²) in [5.41, 5.74) is 2.50. The monoisotopic (exact) mass is 458 g/mol. The van der Waals surface area contributed by atoms with Gasteiger partial charge in [-0.15, -0.1) is 0 Å². The molecule has 0 saturated carbocycles. The zero-order chi connectivity index (χ0) is 22.6. The molecule has 172 valence electrons. The number of pyridine rings is 1. The molecule has 2 aliphatic heterocycles. The Balaban J connectivity index is 1.41. The highest BCUT2D eigenvalue weighted by Gasteiger charge is 2.28. The van der Waals surface area contributed by atoms with E-state index < -0.39 is 0 Å².